The molecule has 2 atom stereocenters. The normalized spacial score (nSPS) is 12.9. The smallest absolute Gasteiger partial charge is 0.242 e. The highest BCUT2D eigenvalue weighted by Crippen LogP contribution is 2.23. The molecule has 1 N–H and O–H groups in total. The highest BCUT2D eigenvalue weighted by atomic mass is 35.5. The Bertz CT molecular complexity index is 870. The maximum Gasteiger partial charge on any atom is 0.242 e. The Morgan fingerprint density at radius 1 is 1.10 bits per heavy atom. The number of halogens is 2. The van der Waals surface area contributed by atoms with E-state index < -0.39 is 6.04 Å². The van der Waals surface area contributed by atoms with E-state index in [-0.39, 0.29) is 24.3 Å². The van der Waals surface area contributed by atoms with Crippen molar-refractivity contribution in [3.8, 4) is 0 Å². The summed E-state index contributed by atoms with van der Waals surface area (Å²) in [5.41, 5.74) is 2.76. The highest BCUT2D eigenvalue weighted by molar-refractivity contribution is 6.35. The van der Waals surface area contributed by atoms with E-state index in [1.54, 1.807) is 30.0 Å². The SMILES string of the molecule is CCC(C)NC(=O)C(C)N(Cc1cccc(C)c1)C(=O)Cc1ccc(Cl)cc1Cl. The van der Waals surface area contributed by atoms with Crippen molar-refractivity contribution in [1.82, 2.24) is 10.2 Å². The van der Waals surface area contributed by atoms with Crippen LogP contribution in [0.25, 0.3) is 0 Å². The Balaban J connectivity index is 2.26. The first-order valence-electron chi connectivity index (χ1n) is 9.80. The summed E-state index contributed by atoms with van der Waals surface area (Å²) in [6, 6.07) is 12.5. The van der Waals surface area contributed by atoms with E-state index in [0.29, 0.717) is 22.2 Å². The Labute approximate surface area is 183 Å². The van der Waals surface area contributed by atoms with Gasteiger partial charge in [0.15, 0.2) is 0 Å². The van der Waals surface area contributed by atoms with Crippen LogP contribution >= 0.6 is 23.2 Å². The van der Waals surface area contributed by atoms with Crippen molar-refractivity contribution in [2.75, 3.05) is 0 Å². The van der Waals surface area contributed by atoms with Crippen molar-refractivity contribution in [3.05, 3.63) is 69.2 Å². The number of nitrogens with zero attached hydrogens (tertiary/aromatic N) is 1. The lowest BCUT2D eigenvalue weighted by Crippen LogP contribution is -2.49. The number of rotatable bonds is 8. The van der Waals surface area contributed by atoms with Crippen LogP contribution in [-0.2, 0) is 22.6 Å². The third-order valence-corrected chi connectivity index (χ3v) is 5.55. The van der Waals surface area contributed by atoms with Gasteiger partial charge in [-0.15, -0.1) is 0 Å². The average molecular weight is 435 g/mol. The molecule has 2 rings (SSSR count). The first kappa shape index (κ1) is 23.2. The minimum Gasteiger partial charge on any atom is -0.352 e. The third kappa shape index (κ3) is 6.76. The number of nitrogens with one attached hydrogen (secondary N) is 1. The summed E-state index contributed by atoms with van der Waals surface area (Å²) in [7, 11) is 0. The molecule has 0 saturated carbocycles. The third-order valence-electron chi connectivity index (χ3n) is 4.96. The van der Waals surface area contributed by atoms with E-state index in [2.05, 4.69) is 5.32 Å². The van der Waals surface area contributed by atoms with Crippen LogP contribution in [0.4, 0.5) is 0 Å². The Kier molecular flexibility index (Phi) is 8.54. The van der Waals surface area contributed by atoms with Gasteiger partial charge in [0.2, 0.25) is 11.8 Å². The number of carbonyl (C=O) groups excluding carboxylic acids is 2. The number of benzene rings is 2. The molecule has 4 nitrogen and oxygen atoms in total. The highest BCUT2D eigenvalue weighted by Gasteiger charge is 2.27. The number of carbonyl (C=O) groups is 2. The lowest BCUT2D eigenvalue weighted by molar-refractivity contribution is -0.140. The quantitative estimate of drug-likeness (QED) is 0.622. The molecular formula is C23H28Cl2N2O2. The first-order chi connectivity index (χ1) is 13.7. The van der Waals surface area contributed by atoms with Crippen LogP contribution in [0, 0.1) is 6.92 Å². The van der Waals surface area contributed by atoms with Crippen LogP contribution in [0.3, 0.4) is 0 Å². The van der Waals surface area contributed by atoms with Gasteiger partial charge in [-0.1, -0.05) is 66.0 Å². The summed E-state index contributed by atoms with van der Waals surface area (Å²) < 4.78 is 0. The van der Waals surface area contributed by atoms with Gasteiger partial charge in [0, 0.05) is 22.6 Å². The zero-order valence-corrected chi connectivity index (χ0v) is 18.8. The molecule has 0 radical (unpaired) electrons. The summed E-state index contributed by atoms with van der Waals surface area (Å²) in [5.74, 6) is -0.329. The van der Waals surface area contributed by atoms with Gasteiger partial charge in [-0.3, -0.25) is 9.59 Å². The van der Waals surface area contributed by atoms with Crippen LogP contribution in [0.1, 0.15) is 43.9 Å². The summed E-state index contributed by atoms with van der Waals surface area (Å²) in [4.78, 5) is 27.5. The number of hydrogen-bond donors (Lipinski definition) is 1. The molecule has 0 aliphatic carbocycles. The van der Waals surface area contributed by atoms with Crippen molar-refractivity contribution in [3.63, 3.8) is 0 Å². The van der Waals surface area contributed by atoms with Crippen molar-refractivity contribution in [2.45, 2.75) is 59.2 Å². The van der Waals surface area contributed by atoms with Crippen molar-refractivity contribution >= 4 is 35.0 Å². The molecular weight excluding hydrogens is 407 g/mol. The molecule has 0 saturated heterocycles. The van der Waals surface area contributed by atoms with Crippen LogP contribution in [0.5, 0.6) is 0 Å². The number of amides is 2. The summed E-state index contributed by atoms with van der Waals surface area (Å²) in [6.07, 6.45) is 0.924. The summed E-state index contributed by atoms with van der Waals surface area (Å²) >= 11 is 12.2. The molecule has 2 aromatic carbocycles. The fourth-order valence-corrected chi connectivity index (χ4v) is 3.46. The molecule has 0 aliphatic rings. The predicted octanol–water partition coefficient (Wildman–Crippen LogP) is 5.18. The molecule has 6 heteroatoms. The maximum absolute atomic E-state index is 13.2. The second kappa shape index (κ2) is 10.7. The maximum atomic E-state index is 13.2. The van der Waals surface area contributed by atoms with Gasteiger partial charge in [-0.2, -0.15) is 0 Å². The summed E-state index contributed by atoms with van der Waals surface area (Å²) in [6.45, 7) is 8.07. The molecule has 2 unspecified atom stereocenters. The van der Waals surface area contributed by atoms with Crippen LogP contribution in [0.15, 0.2) is 42.5 Å². The van der Waals surface area contributed by atoms with Gasteiger partial charge in [-0.05, 0) is 50.5 Å². The minimum absolute atomic E-state index is 0.0478. The fraction of sp³-hybridized carbons (Fsp3) is 0.391. The van der Waals surface area contributed by atoms with E-state index in [1.165, 1.54) is 0 Å². The Hall–Kier alpha value is -2.04. The van der Waals surface area contributed by atoms with Crippen LogP contribution in [0.2, 0.25) is 10.0 Å². The molecule has 0 fully saturated rings. The Morgan fingerprint density at radius 3 is 2.45 bits per heavy atom. The minimum atomic E-state index is -0.608. The lowest BCUT2D eigenvalue weighted by Gasteiger charge is -2.30. The molecule has 2 aromatic rings. The van der Waals surface area contributed by atoms with Gasteiger partial charge in [0.05, 0.1) is 6.42 Å². The van der Waals surface area contributed by atoms with Gasteiger partial charge in [-0.25, -0.2) is 0 Å². The Morgan fingerprint density at radius 2 is 1.83 bits per heavy atom. The molecule has 29 heavy (non-hydrogen) atoms. The number of hydrogen-bond acceptors (Lipinski definition) is 2. The second-order valence-electron chi connectivity index (χ2n) is 7.42. The van der Waals surface area contributed by atoms with Crippen LogP contribution in [-0.4, -0.2) is 28.8 Å². The zero-order valence-electron chi connectivity index (χ0n) is 17.3. The fourth-order valence-electron chi connectivity index (χ4n) is 2.98. The van der Waals surface area contributed by atoms with E-state index in [9.17, 15) is 9.59 Å². The van der Waals surface area contributed by atoms with Gasteiger partial charge >= 0.3 is 0 Å². The van der Waals surface area contributed by atoms with Crippen molar-refractivity contribution in [2.24, 2.45) is 0 Å². The van der Waals surface area contributed by atoms with Crippen LogP contribution < -0.4 is 5.32 Å². The van der Waals surface area contributed by atoms with Crippen molar-refractivity contribution in [1.29, 1.82) is 0 Å². The molecule has 0 heterocycles. The standard InChI is InChI=1S/C23H28Cl2N2O2/c1-5-16(3)26-23(29)17(4)27(14-18-8-6-7-15(2)11-18)22(28)12-19-9-10-20(24)13-21(19)25/h6-11,13,16-17H,5,12,14H2,1-4H3,(H,26,29). The lowest BCUT2D eigenvalue weighted by atomic mass is 10.1. The molecule has 0 spiro atoms. The summed E-state index contributed by atoms with van der Waals surface area (Å²) in [5, 5.41) is 3.93. The largest absolute Gasteiger partial charge is 0.352 e. The van der Waals surface area contributed by atoms with Crippen molar-refractivity contribution < 1.29 is 9.59 Å². The zero-order chi connectivity index (χ0) is 21.6. The average Bonchev–Trinajstić information content (AvgIpc) is 2.67. The number of aryl methyl sites for hydroxylation is 1. The van der Waals surface area contributed by atoms with E-state index >= 15 is 0 Å². The van der Waals surface area contributed by atoms with Gasteiger partial charge in [0.1, 0.15) is 6.04 Å². The van der Waals surface area contributed by atoms with E-state index in [4.69, 9.17) is 23.2 Å². The topological polar surface area (TPSA) is 49.4 Å². The van der Waals surface area contributed by atoms with Gasteiger partial charge < -0.3 is 10.2 Å². The molecule has 0 bridgehead atoms. The monoisotopic (exact) mass is 434 g/mol. The van der Waals surface area contributed by atoms with Gasteiger partial charge in [0.25, 0.3) is 0 Å². The molecule has 0 aromatic heterocycles. The van der Waals surface area contributed by atoms with E-state index in [1.807, 2.05) is 45.0 Å². The molecule has 2 amide bonds. The predicted molar refractivity (Wildman–Crippen MR) is 119 cm³/mol. The van der Waals surface area contributed by atoms with E-state index in [0.717, 1.165) is 17.5 Å². The molecule has 156 valence electrons. The second-order valence-corrected chi connectivity index (χ2v) is 8.26. The molecule has 0 aliphatic heterocycles. The first-order valence-corrected chi connectivity index (χ1v) is 10.6.